The summed E-state index contributed by atoms with van der Waals surface area (Å²) < 4.78 is 0. The molecule has 2 atom stereocenters. The quantitative estimate of drug-likeness (QED) is 0.799. The summed E-state index contributed by atoms with van der Waals surface area (Å²) in [4.78, 5) is 3.87. The van der Waals surface area contributed by atoms with Crippen molar-refractivity contribution in [1.82, 2.24) is 4.90 Å². The minimum absolute atomic E-state index is 0.250. The van der Waals surface area contributed by atoms with Crippen LogP contribution in [0.3, 0.4) is 0 Å². The molecule has 1 aliphatic rings. The van der Waals surface area contributed by atoms with Gasteiger partial charge >= 0.3 is 0 Å². The van der Waals surface area contributed by atoms with E-state index in [0.717, 1.165) is 19.5 Å². The molecule has 1 saturated carbocycles. The Kier molecular flexibility index (Phi) is 3.98. The first-order valence-corrected chi connectivity index (χ1v) is 6.89. The SMILES string of the molecule is CCN(Cc1cccs1)C1CCCC1C#N. The van der Waals surface area contributed by atoms with Crippen molar-refractivity contribution in [2.24, 2.45) is 5.92 Å². The molecule has 0 aliphatic heterocycles. The Bertz CT molecular complexity index is 353. The van der Waals surface area contributed by atoms with E-state index in [1.807, 2.05) is 11.3 Å². The van der Waals surface area contributed by atoms with Gasteiger partial charge in [-0.1, -0.05) is 19.4 Å². The van der Waals surface area contributed by atoms with E-state index in [9.17, 15) is 0 Å². The molecule has 3 heteroatoms. The van der Waals surface area contributed by atoms with E-state index in [1.165, 1.54) is 17.7 Å². The number of hydrogen-bond donors (Lipinski definition) is 0. The second kappa shape index (κ2) is 5.47. The van der Waals surface area contributed by atoms with Gasteiger partial charge in [0.2, 0.25) is 0 Å². The van der Waals surface area contributed by atoms with Crippen LogP contribution in [-0.2, 0) is 6.54 Å². The van der Waals surface area contributed by atoms with Gasteiger partial charge in [0.25, 0.3) is 0 Å². The highest BCUT2D eigenvalue weighted by molar-refractivity contribution is 7.09. The van der Waals surface area contributed by atoms with Crippen molar-refractivity contribution in [3.8, 4) is 6.07 Å². The third-order valence-corrected chi connectivity index (χ3v) is 4.32. The maximum atomic E-state index is 9.13. The zero-order valence-electron chi connectivity index (χ0n) is 9.72. The molecule has 0 radical (unpaired) electrons. The van der Waals surface area contributed by atoms with Crippen LogP contribution < -0.4 is 0 Å². The maximum absolute atomic E-state index is 9.13. The molecule has 1 fully saturated rings. The summed E-state index contributed by atoms with van der Waals surface area (Å²) in [6, 6.07) is 7.24. The molecule has 1 aliphatic carbocycles. The summed E-state index contributed by atoms with van der Waals surface area (Å²) in [5.41, 5.74) is 0. The highest BCUT2D eigenvalue weighted by atomic mass is 32.1. The molecule has 0 bridgehead atoms. The van der Waals surface area contributed by atoms with Gasteiger partial charge in [-0.2, -0.15) is 5.26 Å². The summed E-state index contributed by atoms with van der Waals surface area (Å²) in [5, 5.41) is 11.3. The van der Waals surface area contributed by atoms with Gasteiger partial charge in [0.1, 0.15) is 0 Å². The van der Waals surface area contributed by atoms with E-state index in [1.54, 1.807) is 0 Å². The molecular formula is C13H18N2S. The fourth-order valence-corrected chi connectivity index (χ4v) is 3.32. The fourth-order valence-electron chi connectivity index (χ4n) is 2.59. The van der Waals surface area contributed by atoms with Crippen molar-refractivity contribution < 1.29 is 0 Å². The molecule has 0 spiro atoms. The average Bonchev–Trinajstić information content (AvgIpc) is 2.96. The van der Waals surface area contributed by atoms with Crippen molar-refractivity contribution in [2.45, 2.75) is 38.8 Å². The van der Waals surface area contributed by atoms with Crippen molar-refractivity contribution in [3.63, 3.8) is 0 Å². The lowest BCUT2D eigenvalue weighted by molar-refractivity contribution is 0.180. The van der Waals surface area contributed by atoms with Gasteiger partial charge in [-0.3, -0.25) is 4.90 Å². The van der Waals surface area contributed by atoms with E-state index < -0.39 is 0 Å². The van der Waals surface area contributed by atoms with Crippen LogP contribution in [0.4, 0.5) is 0 Å². The van der Waals surface area contributed by atoms with Crippen molar-refractivity contribution >= 4 is 11.3 Å². The van der Waals surface area contributed by atoms with Gasteiger partial charge in [0.05, 0.1) is 12.0 Å². The zero-order valence-corrected chi connectivity index (χ0v) is 10.5. The lowest BCUT2D eigenvalue weighted by Gasteiger charge is -2.29. The topological polar surface area (TPSA) is 27.0 Å². The summed E-state index contributed by atoms with van der Waals surface area (Å²) in [6.45, 7) is 4.25. The Labute approximate surface area is 102 Å². The van der Waals surface area contributed by atoms with Crippen molar-refractivity contribution in [2.75, 3.05) is 6.54 Å². The molecule has 1 heterocycles. The molecule has 1 aromatic rings. The molecule has 16 heavy (non-hydrogen) atoms. The van der Waals surface area contributed by atoms with Gasteiger partial charge in [0.15, 0.2) is 0 Å². The molecule has 86 valence electrons. The van der Waals surface area contributed by atoms with E-state index in [0.29, 0.717) is 6.04 Å². The van der Waals surface area contributed by atoms with Gasteiger partial charge in [-0.25, -0.2) is 0 Å². The molecule has 0 aromatic carbocycles. The molecule has 0 amide bonds. The summed E-state index contributed by atoms with van der Waals surface area (Å²) in [5.74, 6) is 0.250. The Morgan fingerprint density at radius 1 is 1.56 bits per heavy atom. The number of hydrogen-bond acceptors (Lipinski definition) is 3. The van der Waals surface area contributed by atoms with Crippen LogP contribution >= 0.6 is 11.3 Å². The average molecular weight is 234 g/mol. The first-order valence-electron chi connectivity index (χ1n) is 6.01. The Balaban J connectivity index is 2.02. The lowest BCUT2D eigenvalue weighted by Crippen LogP contribution is -2.36. The van der Waals surface area contributed by atoms with Crippen LogP contribution in [0.1, 0.15) is 31.1 Å². The molecule has 2 nitrogen and oxygen atoms in total. The van der Waals surface area contributed by atoms with E-state index in [-0.39, 0.29) is 5.92 Å². The monoisotopic (exact) mass is 234 g/mol. The second-order valence-corrected chi connectivity index (χ2v) is 5.41. The van der Waals surface area contributed by atoms with Gasteiger partial charge in [0, 0.05) is 17.5 Å². The second-order valence-electron chi connectivity index (χ2n) is 4.38. The summed E-state index contributed by atoms with van der Waals surface area (Å²) in [7, 11) is 0. The normalized spacial score (nSPS) is 24.8. The van der Waals surface area contributed by atoms with Crippen molar-refractivity contribution in [3.05, 3.63) is 22.4 Å². The summed E-state index contributed by atoms with van der Waals surface area (Å²) in [6.07, 6.45) is 3.49. The van der Waals surface area contributed by atoms with Gasteiger partial charge in [-0.15, -0.1) is 11.3 Å². The number of nitriles is 1. The first-order chi connectivity index (χ1) is 7.85. The highest BCUT2D eigenvalue weighted by Gasteiger charge is 2.31. The van der Waals surface area contributed by atoms with Crippen LogP contribution in [0.25, 0.3) is 0 Å². The maximum Gasteiger partial charge on any atom is 0.0672 e. The number of nitrogens with zero attached hydrogens (tertiary/aromatic N) is 2. The molecular weight excluding hydrogens is 216 g/mol. The van der Waals surface area contributed by atoms with Crippen LogP contribution in [0, 0.1) is 17.2 Å². The third-order valence-electron chi connectivity index (χ3n) is 3.46. The Morgan fingerprint density at radius 3 is 3.06 bits per heavy atom. The standard InChI is InChI=1S/C13H18N2S/c1-2-15(10-12-6-4-8-16-12)13-7-3-5-11(13)9-14/h4,6,8,11,13H,2-3,5,7,10H2,1H3. The lowest BCUT2D eigenvalue weighted by atomic mass is 10.0. The molecule has 1 aromatic heterocycles. The predicted molar refractivity (Wildman–Crippen MR) is 67.1 cm³/mol. The Hall–Kier alpha value is -0.850. The minimum atomic E-state index is 0.250. The zero-order chi connectivity index (χ0) is 11.4. The van der Waals surface area contributed by atoms with E-state index in [2.05, 4.69) is 35.4 Å². The largest absolute Gasteiger partial charge is 0.294 e. The predicted octanol–water partition coefficient (Wildman–Crippen LogP) is 3.26. The molecule has 2 unspecified atom stereocenters. The van der Waals surface area contributed by atoms with Gasteiger partial charge < -0.3 is 0 Å². The number of thiophene rings is 1. The van der Waals surface area contributed by atoms with Crippen LogP contribution in [-0.4, -0.2) is 17.5 Å². The Morgan fingerprint density at radius 2 is 2.44 bits per heavy atom. The number of rotatable bonds is 4. The summed E-state index contributed by atoms with van der Waals surface area (Å²) >= 11 is 1.81. The van der Waals surface area contributed by atoms with Gasteiger partial charge in [-0.05, 0) is 30.8 Å². The molecule has 2 rings (SSSR count). The fraction of sp³-hybridized carbons (Fsp3) is 0.615. The minimum Gasteiger partial charge on any atom is -0.294 e. The first kappa shape index (κ1) is 11.6. The van der Waals surface area contributed by atoms with Crippen LogP contribution in [0.2, 0.25) is 0 Å². The van der Waals surface area contributed by atoms with Crippen LogP contribution in [0.5, 0.6) is 0 Å². The van der Waals surface area contributed by atoms with E-state index >= 15 is 0 Å². The van der Waals surface area contributed by atoms with E-state index in [4.69, 9.17) is 5.26 Å². The van der Waals surface area contributed by atoms with Crippen LogP contribution in [0.15, 0.2) is 17.5 Å². The van der Waals surface area contributed by atoms with Crippen molar-refractivity contribution in [1.29, 1.82) is 5.26 Å². The molecule has 0 N–H and O–H groups in total. The molecule has 0 saturated heterocycles. The third kappa shape index (κ3) is 2.45. The smallest absolute Gasteiger partial charge is 0.0672 e. The highest BCUT2D eigenvalue weighted by Crippen LogP contribution is 2.30.